The van der Waals surface area contributed by atoms with Crippen LogP contribution in [0.25, 0.3) is 11.0 Å². The molecule has 0 saturated heterocycles. The van der Waals surface area contributed by atoms with Crippen molar-refractivity contribution in [2.24, 2.45) is 0 Å². The first-order valence-electron chi connectivity index (χ1n) is 7.29. The molecule has 0 unspecified atom stereocenters. The van der Waals surface area contributed by atoms with Crippen molar-refractivity contribution in [3.8, 4) is 5.75 Å². The zero-order chi connectivity index (χ0) is 17.3. The first kappa shape index (κ1) is 16.0. The van der Waals surface area contributed by atoms with E-state index in [2.05, 4.69) is 10.3 Å². The Kier molecular flexibility index (Phi) is 4.22. The molecule has 0 aliphatic heterocycles. The highest BCUT2D eigenvalue weighted by atomic mass is 35.5. The first-order valence-corrected chi connectivity index (χ1v) is 7.67. The van der Waals surface area contributed by atoms with Gasteiger partial charge in [-0.25, -0.2) is 4.98 Å². The van der Waals surface area contributed by atoms with Gasteiger partial charge in [-0.05, 0) is 43.3 Å². The molecule has 0 aliphatic carbocycles. The number of nitrogens with zero attached hydrogens (tertiary/aromatic N) is 2. The number of aryl methyl sites for hydroxylation is 1. The smallest absolute Gasteiger partial charge is 0.265 e. The summed E-state index contributed by atoms with van der Waals surface area (Å²) in [6, 6.07) is 9.28. The zero-order valence-electron chi connectivity index (χ0n) is 12.8. The topological polar surface area (TPSA) is 84.2 Å². The molecule has 0 aliphatic rings. The van der Waals surface area contributed by atoms with Crippen LogP contribution < -0.4 is 10.9 Å². The van der Waals surface area contributed by atoms with Gasteiger partial charge in [-0.1, -0.05) is 11.6 Å². The second-order valence-corrected chi connectivity index (χ2v) is 5.58. The number of fused-ring (bicyclic) bond motifs is 1. The van der Waals surface area contributed by atoms with Crippen molar-refractivity contribution in [1.82, 2.24) is 9.55 Å². The molecule has 7 heteroatoms. The number of nitrogens with one attached hydrogen (secondary N) is 1. The minimum absolute atomic E-state index is 0.0308. The number of phenols is 1. The first-order chi connectivity index (χ1) is 11.5. The van der Waals surface area contributed by atoms with E-state index >= 15 is 0 Å². The number of rotatable bonds is 3. The van der Waals surface area contributed by atoms with Gasteiger partial charge in [0.05, 0.1) is 5.69 Å². The maximum Gasteiger partial charge on any atom is 0.265 e. The van der Waals surface area contributed by atoms with Crippen molar-refractivity contribution in [2.75, 3.05) is 5.32 Å². The third kappa shape index (κ3) is 2.83. The van der Waals surface area contributed by atoms with Crippen LogP contribution in [0.15, 0.2) is 47.4 Å². The number of benzene rings is 1. The molecule has 0 radical (unpaired) electrons. The van der Waals surface area contributed by atoms with E-state index in [4.69, 9.17) is 11.6 Å². The number of carbonyl (C=O) groups excluding carboxylic acids is 1. The summed E-state index contributed by atoms with van der Waals surface area (Å²) < 4.78 is 1.43. The number of anilines is 1. The standard InChI is InChI=1S/C17H14ClN3O3/c1-2-21-15-10(4-3-7-19-15)8-12(17(21)24)16(23)20-13-9-11(18)5-6-14(13)22/h3-9,22H,2H2,1H3,(H,20,23). The van der Waals surface area contributed by atoms with Crippen molar-refractivity contribution in [1.29, 1.82) is 0 Å². The van der Waals surface area contributed by atoms with Gasteiger partial charge in [-0.3, -0.25) is 14.2 Å². The quantitative estimate of drug-likeness (QED) is 0.716. The highest BCUT2D eigenvalue weighted by Gasteiger charge is 2.17. The van der Waals surface area contributed by atoms with E-state index < -0.39 is 11.5 Å². The molecule has 6 nitrogen and oxygen atoms in total. The predicted octanol–water partition coefficient (Wildman–Crippen LogP) is 3.03. The fourth-order valence-electron chi connectivity index (χ4n) is 2.46. The van der Waals surface area contributed by atoms with Crippen molar-refractivity contribution in [3.05, 3.63) is 63.5 Å². The third-order valence-corrected chi connectivity index (χ3v) is 3.85. The number of halogens is 1. The normalized spacial score (nSPS) is 10.8. The molecule has 2 aromatic heterocycles. The number of hydrogen-bond donors (Lipinski definition) is 2. The van der Waals surface area contributed by atoms with Gasteiger partial charge in [0, 0.05) is 23.2 Å². The SMILES string of the molecule is CCn1c(=O)c(C(=O)Nc2cc(Cl)ccc2O)cc2cccnc21. The second kappa shape index (κ2) is 6.33. The summed E-state index contributed by atoms with van der Waals surface area (Å²) in [7, 11) is 0. The Balaban J connectivity index is 2.09. The summed E-state index contributed by atoms with van der Waals surface area (Å²) in [5, 5.41) is 13.4. The lowest BCUT2D eigenvalue weighted by atomic mass is 10.2. The maximum absolute atomic E-state index is 12.6. The summed E-state index contributed by atoms with van der Waals surface area (Å²) in [5.41, 5.74) is 0.188. The van der Waals surface area contributed by atoms with Crippen LogP contribution in [-0.4, -0.2) is 20.6 Å². The average Bonchev–Trinajstić information content (AvgIpc) is 2.57. The number of carbonyl (C=O) groups is 1. The zero-order valence-corrected chi connectivity index (χ0v) is 13.5. The predicted molar refractivity (Wildman–Crippen MR) is 92.7 cm³/mol. The van der Waals surface area contributed by atoms with Gasteiger partial charge in [-0.2, -0.15) is 0 Å². The van der Waals surface area contributed by atoms with Gasteiger partial charge in [0.1, 0.15) is 17.0 Å². The van der Waals surface area contributed by atoms with Crippen molar-refractivity contribution >= 4 is 34.2 Å². The van der Waals surface area contributed by atoms with Gasteiger partial charge >= 0.3 is 0 Å². The molecule has 24 heavy (non-hydrogen) atoms. The van der Waals surface area contributed by atoms with E-state index in [0.29, 0.717) is 22.6 Å². The Morgan fingerprint density at radius 2 is 2.12 bits per heavy atom. The number of amides is 1. The Labute approximate surface area is 142 Å². The van der Waals surface area contributed by atoms with Gasteiger partial charge < -0.3 is 10.4 Å². The highest BCUT2D eigenvalue weighted by molar-refractivity contribution is 6.31. The number of aromatic hydroxyl groups is 1. The Morgan fingerprint density at radius 1 is 1.33 bits per heavy atom. The minimum Gasteiger partial charge on any atom is -0.506 e. The van der Waals surface area contributed by atoms with Crippen LogP contribution in [0.2, 0.25) is 5.02 Å². The van der Waals surface area contributed by atoms with Gasteiger partial charge in [-0.15, -0.1) is 0 Å². The summed E-state index contributed by atoms with van der Waals surface area (Å²) in [4.78, 5) is 29.3. The van der Waals surface area contributed by atoms with E-state index in [1.807, 2.05) is 0 Å². The largest absolute Gasteiger partial charge is 0.506 e. The average molecular weight is 344 g/mol. The molecule has 3 rings (SSSR count). The van der Waals surface area contributed by atoms with E-state index in [9.17, 15) is 14.7 Å². The maximum atomic E-state index is 12.6. The molecular weight excluding hydrogens is 330 g/mol. The van der Waals surface area contributed by atoms with Crippen LogP contribution in [0, 0.1) is 0 Å². The fourth-order valence-corrected chi connectivity index (χ4v) is 2.63. The fraction of sp³-hybridized carbons (Fsp3) is 0.118. The molecule has 0 spiro atoms. The number of phenolic OH excluding ortho intramolecular Hbond substituents is 1. The van der Waals surface area contributed by atoms with Crippen LogP contribution in [-0.2, 0) is 6.54 Å². The van der Waals surface area contributed by atoms with Gasteiger partial charge in [0.2, 0.25) is 0 Å². The van der Waals surface area contributed by atoms with E-state index in [-0.39, 0.29) is 17.0 Å². The molecule has 2 heterocycles. The van der Waals surface area contributed by atoms with Crippen molar-refractivity contribution in [3.63, 3.8) is 0 Å². The summed E-state index contributed by atoms with van der Waals surface area (Å²) in [6.45, 7) is 2.19. The van der Waals surface area contributed by atoms with Gasteiger partial charge in [0.25, 0.3) is 11.5 Å². The molecule has 0 saturated carbocycles. The number of aromatic nitrogens is 2. The third-order valence-electron chi connectivity index (χ3n) is 3.62. The summed E-state index contributed by atoms with van der Waals surface area (Å²) in [5.74, 6) is -0.753. The lowest BCUT2D eigenvalue weighted by molar-refractivity contribution is 0.102. The van der Waals surface area contributed by atoms with Crippen LogP contribution >= 0.6 is 11.6 Å². The highest BCUT2D eigenvalue weighted by Crippen LogP contribution is 2.27. The molecule has 122 valence electrons. The van der Waals surface area contributed by atoms with Crippen molar-refractivity contribution < 1.29 is 9.90 Å². The summed E-state index contributed by atoms with van der Waals surface area (Å²) in [6.07, 6.45) is 1.59. The Morgan fingerprint density at radius 3 is 2.88 bits per heavy atom. The lowest BCUT2D eigenvalue weighted by Gasteiger charge is -2.11. The minimum atomic E-state index is -0.620. The number of pyridine rings is 2. The second-order valence-electron chi connectivity index (χ2n) is 5.14. The van der Waals surface area contributed by atoms with Crippen LogP contribution in [0.3, 0.4) is 0 Å². The Bertz CT molecular complexity index is 998. The molecule has 0 fully saturated rings. The van der Waals surface area contributed by atoms with E-state index in [1.165, 1.54) is 28.8 Å². The van der Waals surface area contributed by atoms with E-state index in [0.717, 1.165) is 0 Å². The Hall–Kier alpha value is -2.86. The molecule has 0 bridgehead atoms. The van der Waals surface area contributed by atoms with E-state index in [1.54, 1.807) is 25.3 Å². The molecule has 1 amide bonds. The molecule has 0 atom stereocenters. The number of hydrogen-bond acceptors (Lipinski definition) is 4. The monoisotopic (exact) mass is 343 g/mol. The molecule has 1 aromatic carbocycles. The molecule has 3 aromatic rings. The lowest BCUT2D eigenvalue weighted by Crippen LogP contribution is -2.29. The van der Waals surface area contributed by atoms with Crippen LogP contribution in [0.1, 0.15) is 17.3 Å². The van der Waals surface area contributed by atoms with Crippen molar-refractivity contribution in [2.45, 2.75) is 13.5 Å². The van der Waals surface area contributed by atoms with Crippen LogP contribution in [0.4, 0.5) is 5.69 Å². The van der Waals surface area contributed by atoms with Gasteiger partial charge in [0.15, 0.2) is 0 Å². The van der Waals surface area contributed by atoms with Crippen LogP contribution in [0.5, 0.6) is 5.75 Å². The molecule has 2 N–H and O–H groups in total. The molecular formula is C17H14ClN3O3. The summed E-state index contributed by atoms with van der Waals surface area (Å²) >= 11 is 5.87.